The van der Waals surface area contributed by atoms with Crippen LogP contribution in [0.4, 0.5) is 0 Å². The Morgan fingerprint density at radius 2 is 2.00 bits per heavy atom. The zero-order chi connectivity index (χ0) is 13.1. The molecule has 2 aromatic rings. The van der Waals surface area contributed by atoms with E-state index in [1.165, 1.54) is 5.56 Å². The Kier molecular flexibility index (Phi) is 3.33. The van der Waals surface area contributed by atoms with E-state index >= 15 is 0 Å². The molecule has 0 saturated carbocycles. The van der Waals surface area contributed by atoms with Gasteiger partial charge in [-0.3, -0.25) is 0 Å². The number of ether oxygens (including phenoxy) is 1. The summed E-state index contributed by atoms with van der Waals surface area (Å²) in [6.45, 7) is 3.90. The smallest absolute Gasteiger partial charge is 0.235 e. The van der Waals surface area contributed by atoms with Crippen molar-refractivity contribution in [1.29, 1.82) is 5.26 Å². The first-order valence-corrected chi connectivity index (χ1v) is 5.86. The van der Waals surface area contributed by atoms with Gasteiger partial charge in [0.2, 0.25) is 5.88 Å². The fourth-order valence-corrected chi connectivity index (χ4v) is 1.79. The molecular weight excluding hydrogens is 226 g/mol. The molecule has 1 aromatic heterocycles. The standard InChI is InChI=1S/C14H15N3O/c1-4-11-5-7-12(8-6-11)18-14-13(9-15)10(2)16-17(14)3/h5-8H,4H2,1-3H3. The van der Waals surface area contributed by atoms with Gasteiger partial charge in [-0.1, -0.05) is 19.1 Å². The van der Waals surface area contributed by atoms with Crippen LogP contribution in [0.5, 0.6) is 11.6 Å². The molecule has 0 aliphatic rings. The minimum Gasteiger partial charge on any atom is -0.438 e. The lowest BCUT2D eigenvalue weighted by Crippen LogP contribution is -1.96. The highest BCUT2D eigenvalue weighted by atomic mass is 16.5. The highest BCUT2D eigenvalue weighted by Crippen LogP contribution is 2.26. The number of hydrogen-bond acceptors (Lipinski definition) is 3. The summed E-state index contributed by atoms with van der Waals surface area (Å²) in [5, 5.41) is 13.3. The maximum Gasteiger partial charge on any atom is 0.235 e. The summed E-state index contributed by atoms with van der Waals surface area (Å²) >= 11 is 0. The summed E-state index contributed by atoms with van der Waals surface area (Å²) in [5.41, 5.74) is 2.42. The number of benzene rings is 1. The molecule has 0 atom stereocenters. The van der Waals surface area contributed by atoms with Crippen LogP contribution in [0.1, 0.15) is 23.7 Å². The Balaban J connectivity index is 2.31. The highest BCUT2D eigenvalue weighted by Gasteiger charge is 2.14. The molecule has 92 valence electrons. The van der Waals surface area contributed by atoms with Crippen LogP contribution < -0.4 is 4.74 Å². The van der Waals surface area contributed by atoms with Crippen molar-refractivity contribution in [1.82, 2.24) is 9.78 Å². The minimum absolute atomic E-state index is 0.483. The van der Waals surface area contributed by atoms with Crippen molar-refractivity contribution in [3.63, 3.8) is 0 Å². The van der Waals surface area contributed by atoms with Gasteiger partial charge in [0.05, 0.1) is 5.69 Å². The summed E-state index contributed by atoms with van der Waals surface area (Å²) in [4.78, 5) is 0. The van der Waals surface area contributed by atoms with E-state index < -0.39 is 0 Å². The second-order valence-electron chi connectivity index (χ2n) is 4.10. The second-order valence-corrected chi connectivity index (χ2v) is 4.10. The molecule has 4 heteroatoms. The number of aryl methyl sites for hydroxylation is 3. The number of nitrogens with zero attached hydrogens (tertiary/aromatic N) is 3. The van der Waals surface area contributed by atoms with E-state index in [4.69, 9.17) is 10.00 Å². The van der Waals surface area contributed by atoms with Gasteiger partial charge in [0.15, 0.2) is 0 Å². The van der Waals surface area contributed by atoms with Crippen LogP contribution in [-0.4, -0.2) is 9.78 Å². The molecule has 0 spiro atoms. The number of rotatable bonds is 3. The van der Waals surface area contributed by atoms with Crippen LogP contribution in [0, 0.1) is 18.3 Å². The van der Waals surface area contributed by atoms with Crippen molar-refractivity contribution in [2.24, 2.45) is 7.05 Å². The number of hydrogen-bond donors (Lipinski definition) is 0. The molecule has 18 heavy (non-hydrogen) atoms. The summed E-state index contributed by atoms with van der Waals surface area (Å²) < 4.78 is 7.31. The fourth-order valence-electron chi connectivity index (χ4n) is 1.79. The molecule has 0 unspecified atom stereocenters. The summed E-state index contributed by atoms with van der Waals surface area (Å²) in [6, 6.07) is 9.97. The molecule has 0 radical (unpaired) electrons. The van der Waals surface area contributed by atoms with Gasteiger partial charge in [-0.15, -0.1) is 0 Å². The van der Waals surface area contributed by atoms with Crippen LogP contribution in [0.3, 0.4) is 0 Å². The molecule has 1 aromatic carbocycles. The molecule has 0 saturated heterocycles. The third-order valence-electron chi connectivity index (χ3n) is 2.83. The molecule has 0 aliphatic heterocycles. The van der Waals surface area contributed by atoms with Gasteiger partial charge in [0.25, 0.3) is 0 Å². The summed E-state index contributed by atoms with van der Waals surface area (Å²) in [6.07, 6.45) is 0.995. The van der Waals surface area contributed by atoms with Crippen LogP contribution in [-0.2, 0) is 13.5 Å². The quantitative estimate of drug-likeness (QED) is 0.830. The molecule has 0 N–H and O–H groups in total. The van der Waals surface area contributed by atoms with Crippen LogP contribution in [0.15, 0.2) is 24.3 Å². The number of nitriles is 1. The zero-order valence-electron chi connectivity index (χ0n) is 10.8. The third-order valence-corrected chi connectivity index (χ3v) is 2.83. The van der Waals surface area contributed by atoms with Crippen LogP contribution in [0.2, 0.25) is 0 Å². The Labute approximate surface area is 106 Å². The largest absolute Gasteiger partial charge is 0.438 e. The predicted molar refractivity (Wildman–Crippen MR) is 68.6 cm³/mol. The molecule has 0 amide bonds. The first-order chi connectivity index (χ1) is 8.65. The van der Waals surface area contributed by atoms with Gasteiger partial charge >= 0.3 is 0 Å². The Morgan fingerprint density at radius 1 is 1.33 bits per heavy atom. The first-order valence-electron chi connectivity index (χ1n) is 5.86. The average Bonchev–Trinajstić information content (AvgIpc) is 2.64. The van der Waals surface area contributed by atoms with Gasteiger partial charge in [0, 0.05) is 7.05 Å². The van der Waals surface area contributed by atoms with Crippen molar-refractivity contribution in [2.45, 2.75) is 20.3 Å². The molecule has 4 nitrogen and oxygen atoms in total. The molecular formula is C14H15N3O. The average molecular weight is 241 g/mol. The molecule has 0 bridgehead atoms. The predicted octanol–water partition coefficient (Wildman–Crippen LogP) is 2.95. The molecule has 1 heterocycles. The first kappa shape index (κ1) is 12.2. The van der Waals surface area contributed by atoms with Gasteiger partial charge < -0.3 is 4.74 Å². The molecule has 2 rings (SSSR count). The maximum atomic E-state index is 9.09. The fraction of sp³-hybridized carbons (Fsp3) is 0.286. The van der Waals surface area contributed by atoms with E-state index in [9.17, 15) is 0 Å². The van der Waals surface area contributed by atoms with Gasteiger partial charge in [-0.05, 0) is 31.0 Å². The number of aromatic nitrogens is 2. The zero-order valence-corrected chi connectivity index (χ0v) is 10.8. The Hall–Kier alpha value is -2.28. The van der Waals surface area contributed by atoms with E-state index in [0.29, 0.717) is 22.9 Å². The lowest BCUT2D eigenvalue weighted by atomic mass is 10.2. The molecule has 0 aliphatic carbocycles. The van der Waals surface area contributed by atoms with Crippen molar-refractivity contribution >= 4 is 0 Å². The van der Waals surface area contributed by atoms with Crippen molar-refractivity contribution in [3.8, 4) is 17.7 Å². The highest BCUT2D eigenvalue weighted by molar-refractivity contribution is 5.44. The summed E-state index contributed by atoms with van der Waals surface area (Å²) in [5.74, 6) is 1.20. The van der Waals surface area contributed by atoms with Crippen LogP contribution in [0.25, 0.3) is 0 Å². The van der Waals surface area contributed by atoms with E-state index in [-0.39, 0.29) is 0 Å². The summed E-state index contributed by atoms with van der Waals surface area (Å²) in [7, 11) is 1.77. The lowest BCUT2D eigenvalue weighted by Gasteiger charge is -2.06. The van der Waals surface area contributed by atoms with Gasteiger partial charge in [0.1, 0.15) is 17.4 Å². The van der Waals surface area contributed by atoms with E-state index in [1.54, 1.807) is 18.7 Å². The van der Waals surface area contributed by atoms with Crippen LogP contribution >= 0.6 is 0 Å². The molecule has 0 fully saturated rings. The van der Waals surface area contributed by atoms with E-state index in [1.807, 2.05) is 24.3 Å². The second kappa shape index (κ2) is 4.92. The van der Waals surface area contributed by atoms with E-state index in [0.717, 1.165) is 6.42 Å². The van der Waals surface area contributed by atoms with Crippen molar-refractivity contribution < 1.29 is 4.74 Å². The monoisotopic (exact) mass is 241 g/mol. The Bertz CT molecular complexity index is 591. The maximum absolute atomic E-state index is 9.09. The van der Waals surface area contributed by atoms with Gasteiger partial charge in [-0.25, -0.2) is 4.68 Å². The van der Waals surface area contributed by atoms with Crippen molar-refractivity contribution in [2.75, 3.05) is 0 Å². The lowest BCUT2D eigenvalue weighted by molar-refractivity contribution is 0.429. The van der Waals surface area contributed by atoms with E-state index in [2.05, 4.69) is 18.1 Å². The topological polar surface area (TPSA) is 50.8 Å². The van der Waals surface area contributed by atoms with Crippen molar-refractivity contribution in [3.05, 3.63) is 41.1 Å². The SMILES string of the molecule is CCc1ccc(Oc2c(C#N)c(C)nn2C)cc1. The Morgan fingerprint density at radius 3 is 2.56 bits per heavy atom. The van der Waals surface area contributed by atoms with Gasteiger partial charge in [-0.2, -0.15) is 10.4 Å². The third kappa shape index (κ3) is 2.21. The minimum atomic E-state index is 0.483. The normalized spacial score (nSPS) is 10.1.